The van der Waals surface area contributed by atoms with Crippen LogP contribution in [0.25, 0.3) is 0 Å². The number of benzene rings is 2. The minimum Gasteiger partial charge on any atom is -0.497 e. The van der Waals surface area contributed by atoms with Crippen molar-refractivity contribution >= 4 is 17.8 Å². The number of rotatable bonds is 5. The molecule has 0 aromatic heterocycles. The highest BCUT2D eigenvalue weighted by atomic mass is 16.5. The van der Waals surface area contributed by atoms with Crippen molar-refractivity contribution in [3.05, 3.63) is 65.7 Å². The average Bonchev–Trinajstić information content (AvgIpc) is 2.87. The highest BCUT2D eigenvalue weighted by Gasteiger charge is 2.49. The van der Waals surface area contributed by atoms with E-state index in [9.17, 15) is 14.4 Å². The largest absolute Gasteiger partial charge is 0.497 e. The van der Waals surface area contributed by atoms with E-state index in [2.05, 4.69) is 10.7 Å². The quantitative estimate of drug-likeness (QED) is 0.802. The lowest BCUT2D eigenvalue weighted by Gasteiger charge is -2.22. The van der Waals surface area contributed by atoms with Crippen molar-refractivity contribution in [1.29, 1.82) is 0 Å². The van der Waals surface area contributed by atoms with Crippen LogP contribution in [-0.4, -0.2) is 30.0 Å². The van der Waals surface area contributed by atoms with Gasteiger partial charge in [-0.25, -0.2) is 4.79 Å². The van der Waals surface area contributed by atoms with Crippen LogP contribution in [0.4, 0.5) is 4.79 Å². The number of carbonyl (C=O) groups is 3. The number of ether oxygens (including phenoxy) is 1. The summed E-state index contributed by atoms with van der Waals surface area (Å²) in [5.41, 5.74) is 2.55. The van der Waals surface area contributed by atoms with Crippen molar-refractivity contribution in [2.24, 2.45) is 0 Å². The van der Waals surface area contributed by atoms with E-state index in [1.165, 1.54) is 0 Å². The zero-order chi connectivity index (χ0) is 18.7. The molecule has 7 heteroatoms. The van der Waals surface area contributed by atoms with Crippen LogP contribution in [0.3, 0.4) is 0 Å². The number of hydrogen-bond acceptors (Lipinski definition) is 4. The fourth-order valence-corrected chi connectivity index (χ4v) is 2.80. The first kappa shape index (κ1) is 17.5. The van der Waals surface area contributed by atoms with Gasteiger partial charge in [0.1, 0.15) is 11.3 Å². The normalized spacial score (nSPS) is 19.2. The molecule has 0 saturated carbocycles. The number of hydrazine groups is 1. The molecule has 2 aromatic carbocycles. The Morgan fingerprint density at radius 3 is 2.38 bits per heavy atom. The molecule has 1 fully saturated rings. The molecule has 7 nitrogen and oxygen atoms in total. The van der Waals surface area contributed by atoms with E-state index in [-0.39, 0.29) is 6.42 Å². The van der Waals surface area contributed by atoms with E-state index >= 15 is 0 Å². The molecule has 1 heterocycles. The second-order valence-electron chi connectivity index (χ2n) is 6.12. The van der Waals surface area contributed by atoms with Gasteiger partial charge in [-0.05, 0) is 30.2 Å². The predicted molar refractivity (Wildman–Crippen MR) is 94.0 cm³/mol. The van der Waals surface area contributed by atoms with Crippen LogP contribution in [0.5, 0.6) is 5.75 Å². The molecular formula is C19H19N3O4. The number of carbonyl (C=O) groups excluding carboxylic acids is 3. The van der Waals surface area contributed by atoms with Gasteiger partial charge >= 0.3 is 6.03 Å². The zero-order valence-electron chi connectivity index (χ0n) is 14.5. The predicted octanol–water partition coefficient (Wildman–Crippen LogP) is 1.74. The fraction of sp³-hybridized carbons (Fsp3) is 0.211. The summed E-state index contributed by atoms with van der Waals surface area (Å²) in [6.45, 7) is 1.61. The Hall–Kier alpha value is -3.35. The molecule has 2 aromatic rings. The number of nitrogens with one attached hydrogen (secondary N) is 2. The van der Waals surface area contributed by atoms with E-state index in [0.717, 1.165) is 10.6 Å². The summed E-state index contributed by atoms with van der Waals surface area (Å²) < 4.78 is 5.07. The van der Waals surface area contributed by atoms with Crippen LogP contribution in [-0.2, 0) is 21.5 Å². The summed E-state index contributed by atoms with van der Waals surface area (Å²) in [6, 6.07) is 15.2. The van der Waals surface area contributed by atoms with Gasteiger partial charge < -0.3 is 10.1 Å². The molecule has 1 atom stereocenters. The maximum atomic E-state index is 12.7. The van der Waals surface area contributed by atoms with Crippen LogP contribution >= 0.6 is 0 Å². The third-order valence-electron chi connectivity index (χ3n) is 4.30. The van der Waals surface area contributed by atoms with Crippen molar-refractivity contribution < 1.29 is 19.1 Å². The van der Waals surface area contributed by atoms with E-state index in [1.807, 2.05) is 6.07 Å². The molecule has 1 saturated heterocycles. The van der Waals surface area contributed by atoms with Crippen LogP contribution < -0.4 is 15.5 Å². The Morgan fingerprint density at radius 2 is 1.77 bits per heavy atom. The molecule has 0 aliphatic carbocycles. The molecule has 1 aliphatic heterocycles. The van der Waals surface area contributed by atoms with Crippen molar-refractivity contribution in [2.75, 3.05) is 7.11 Å². The average molecular weight is 353 g/mol. The van der Waals surface area contributed by atoms with Gasteiger partial charge in [-0.3, -0.25) is 15.0 Å². The molecule has 1 aliphatic rings. The molecule has 26 heavy (non-hydrogen) atoms. The Balaban J connectivity index is 1.70. The van der Waals surface area contributed by atoms with Gasteiger partial charge in [0.2, 0.25) is 5.91 Å². The first-order chi connectivity index (χ1) is 12.4. The summed E-state index contributed by atoms with van der Waals surface area (Å²) in [5.74, 6) is -0.311. The van der Waals surface area contributed by atoms with Gasteiger partial charge in [0, 0.05) is 0 Å². The summed E-state index contributed by atoms with van der Waals surface area (Å²) in [4.78, 5) is 37.2. The Kier molecular flexibility index (Phi) is 4.62. The van der Waals surface area contributed by atoms with Crippen LogP contribution in [0.2, 0.25) is 0 Å². The number of amides is 4. The smallest absolute Gasteiger partial charge is 0.344 e. The summed E-state index contributed by atoms with van der Waals surface area (Å²) in [5, 5.41) is 3.37. The lowest BCUT2D eigenvalue weighted by atomic mass is 9.92. The number of imide groups is 1. The molecule has 134 valence electrons. The monoisotopic (exact) mass is 353 g/mol. The second kappa shape index (κ2) is 6.87. The Bertz CT molecular complexity index is 836. The van der Waals surface area contributed by atoms with Gasteiger partial charge in [0.15, 0.2) is 0 Å². The number of urea groups is 1. The first-order valence-electron chi connectivity index (χ1n) is 8.08. The van der Waals surface area contributed by atoms with Gasteiger partial charge in [-0.15, -0.1) is 0 Å². The van der Waals surface area contributed by atoms with E-state index in [0.29, 0.717) is 11.3 Å². The zero-order valence-corrected chi connectivity index (χ0v) is 14.5. The number of methoxy groups -OCH3 is 1. The van der Waals surface area contributed by atoms with E-state index in [1.54, 1.807) is 62.6 Å². The van der Waals surface area contributed by atoms with Crippen molar-refractivity contribution in [3.63, 3.8) is 0 Å². The Morgan fingerprint density at radius 1 is 1.12 bits per heavy atom. The van der Waals surface area contributed by atoms with Crippen molar-refractivity contribution in [3.8, 4) is 5.75 Å². The molecule has 0 spiro atoms. The molecule has 0 bridgehead atoms. The minimum absolute atomic E-state index is 0.0309. The van der Waals surface area contributed by atoms with Crippen molar-refractivity contribution in [1.82, 2.24) is 15.8 Å². The number of nitrogens with zero attached hydrogens (tertiary/aromatic N) is 1. The van der Waals surface area contributed by atoms with Crippen LogP contribution in [0, 0.1) is 0 Å². The minimum atomic E-state index is -1.22. The highest BCUT2D eigenvalue weighted by molar-refractivity contribution is 6.08. The lowest BCUT2D eigenvalue weighted by Crippen LogP contribution is -2.48. The third-order valence-corrected chi connectivity index (χ3v) is 4.30. The third kappa shape index (κ3) is 3.23. The summed E-state index contributed by atoms with van der Waals surface area (Å²) in [6.07, 6.45) is 0.0309. The topological polar surface area (TPSA) is 87.7 Å². The molecule has 0 unspecified atom stereocenters. The Labute approximate surface area is 150 Å². The SMILES string of the molecule is COc1ccc(CC(=O)NN2C(=O)N[C@@](C)(c3ccccc3)C2=O)cc1. The molecule has 3 rings (SSSR count). The van der Waals surface area contributed by atoms with Crippen LogP contribution in [0.1, 0.15) is 18.1 Å². The maximum absolute atomic E-state index is 12.7. The summed E-state index contributed by atoms with van der Waals surface area (Å²) >= 11 is 0. The lowest BCUT2D eigenvalue weighted by molar-refractivity contribution is -0.138. The standard InChI is InChI=1S/C19H19N3O4/c1-19(14-6-4-3-5-7-14)17(24)22(18(25)20-19)21-16(23)12-13-8-10-15(26-2)11-9-13/h3-11H,12H2,1-2H3,(H,20,25)(H,21,23)/t19-/m0/s1. The van der Waals surface area contributed by atoms with Gasteiger partial charge in [-0.1, -0.05) is 42.5 Å². The number of hydrogen-bond donors (Lipinski definition) is 2. The molecular weight excluding hydrogens is 334 g/mol. The van der Waals surface area contributed by atoms with E-state index in [4.69, 9.17) is 4.74 Å². The molecule has 2 N–H and O–H groups in total. The van der Waals surface area contributed by atoms with E-state index < -0.39 is 23.4 Å². The fourth-order valence-electron chi connectivity index (χ4n) is 2.80. The van der Waals surface area contributed by atoms with Crippen LogP contribution in [0.15, 0.2) is 54.6 Å². The molecule has 0 radical (unpaired) electrons. The molecule has 4 amide bonds. The highest BCUT2D eigenvalue weighted by Crippen LogP contribution is 2.27. The van der Waals surface area contributed by atoms with Gasteiger partial charge in [0.25, 0.3) is 5.91 Å². The van der Waals surface area contributed by atoms with Gasteiger partial charge in [0.05, 0.1) is 13.5 Å². The summed E-state index contributed by atoms with van der Waals surface area (Å²) in [7, 11) is 1.56. The maximum Gasteiger partial charge on any atom is 0.344 e. The first-order valence-corrected chi connectivity index (χ1v) is 8.08. The van der Waals surface area contributed by atoms with Crippen molar-refractivity contribution in [2.45, 2.75) is 18.9 Å². The van der Waals surface area contributed by atoms with Gasteiger partial charge in [-0.2, -0.15) is 5.01 Å². The second-order valence-corrected chi connectivity index (χ2v) is 6.12.